The summed E-state index contributed by atoms with van der Waals surface area (Å²) >= 11 is 1.44. The normalized spacial score (nSPS) is 19.0. The van der Waals surface area contributed by atoms with Gasteiger partial charge in [0, 0.05) is 47.6 Å². The molecule has 0 spiro atoms. The predicted molar refractivity (Wildman–Crippen MR) is 262 cm³/mol. The van der Waals surface area contributed by atoms with E-state index < -0.39 is 258 Å². The average Bonchev–Trinajstić information content (AvgIpc) is 1.56. The minimum atomic E-state index is -0.944. The van der Waals surface area contributed by atoms with Crippen molar-refractivity contribution in [3.63, 3.8) is 0 Å². The van der Waals surface area contributed by atoms with Crippen LogP contribution in [0, 0.1) is 0 Å². The highest BCUT2D eigenvalue weighted by atomic mass is 32.1. The molecule has 0 radical (unpaired) electrons. The Kier molecular flexibility index (Phi) is 4.05. The Morgan fingerprint density at radius 2 is 0.921 bits per heavy atom. The van der Waals surface area contributed by atoms with Gasteiger partial charge in [0.2, 0.25) is 11.9 Å². The van der Waals surface area contributed by atoms with Gasteiger partial charge in [0.1, 0.15) is 0 Å². The van der Waals surface area contributed by atoms with E-state index in [1.165, 1.54) is 11.3 Å². The molecule has 0 N–H and O–H groups in total. The zero-order valence-corrected chi connectivity index (χ0v) is 32.8. The smallest absolute Gasteiger partial charge is 0.240 e. The van der Waals surface area contributed by atoms with Gasteiger partial charge in [-0.3, -0.25) is 9.13 Å². The van der Waals surface area contributed by atoms with Gasteiger partial charge in [-0.2, -0.15) is 15.0 Å². The zero-order chi connectivity index (χ0) is 65.8. The summed E-state index contributed by atoms with van der Waals surface area (Å²) < 4.78 is 258. The molecule has 4 heterocycles. The number of thiophene rings is 1. The van der Waals surface area contributed by atoms with Crippen molar-refractivity contribution in [2.24, 2.45) is 0 Å². The van der Waals surface area contributed by atoms with E-state index in [9.17, 15) is 15.1 Å². The number of hydrogen-bond acceptors (Lipinski definition) is 4. The zero-order valence-electron chi connectivity index (χ0n) is 59.9. The summed E-state index contributed by atoms with van der Waals surface area (Å²) in [6.45, 7) is 0. The Labute approximate surface area is 406 Å². The van der Waals surface area contributed by atoms with E-state index in [2.05, 4.69) is 0 Å². The molecular formula is C57H37N5S. The molecule has 1 aliphatic carbocycles. The first kappa shape index (κ1) is 17.8. The highest BCUT2D eigenvalue weighted by Crippen LogP contribution is 2.43. The van der Waals surface area contributed by atoms with E-state index >= 15 is 0 Å². The predicted octanol–water partition coefficient (Wildman–Crippen LogP) is 14.7. The third-order valence-corrected chi connectivity index (χ3v) is 11.8. The van der Waals surface area contributed by atoms with Crippen LogP contribution >= 0.6 is 11.3 Å². The Bertz CT molecular complexity index is 5240. The molecule has 0 saturated carbocycles. The van der Waals surface area contributed by atoms with Gasteiger partial charge in [0.05, 0.1) is 60.4 Å². The molecule has 12 aromatic rings. The Balaban J connectivity index is 1.30. The van der Waals surface area contributed by atoms with E-state index in [0.29, 0.717) is 23.8 Å². The average molecular weight is 852 g/mol. The lowest BCUT2D eigenvalue weighted by Crippen LogP contribution is -2.13. The van der Waals surface area contributed by atoms with Crippen LogP contribution in [0.2, 0.25) is 0 Å². The number of nitrogens with zero attached hydrogens (tertiary/aromatic N) is 5. The highest BCUT2D eigenvalue weighted by Gasteiger charge is 2.26. The monoisotopic (exact) mass is 851 g/mol. The third kappa shape index (κ3) is 5.79. The first-order chi connectivity index (χ1) is 42.9. The standard InChI is InChI=1S/C57H37N5S/c1-4-15-36(16-5-1)39-27-30-43-42-21-10-12-24-48(42)61(49(43)33-39)56-58-55(47-23-14-26-53-54(47)46-22-11-13-25-52(46)63-53)59-57(60-56)62-50-34-40(37-17-6-2-7-18-37)28-31-44(50)45-32-29-41(35-51(45)62)38-19-8-3-9-20-38/h1-13,15-25,27-35H,14,26H2/i1D,2D,3D,4D,5D,6D,7D,8D,9D,10D,12D,15D,16D,17D,18D,19D,20D,21D,24D,27D,28D,29D,30D,31D,32D,33D,34D,35D. The van der Waals surface area contributed by atoms with Crippen molar-refractivity contribution in [2.75, 3.05) is 0 Å². The summed E-state index contributed by atoms with van der Waals surface area (Å²) in [6, 6.07) is -17.7. The topological polar surface area (TPSA) is 48.5 Å². The van der Waals surface area contributed by atoms with Crippen LogP contribution in [0.25, 0.3) is 105 Å². The molecule has 4 aromatic heterocycles. The van der Waals surface area contributed by atoms with E-state index in [0.717, 1.165) is 18.7 Å². The highest BCUT2D eigenvalue weighted by molar-refractivity contribution is 7.19. The Morgan fingerprint density at radius 3 is 1.48 bits per heavy atom. The van der Waals surface area contributed by atoms with Crippen molar-refractivity contribution in [2.45, 2.75) is 12.8 Å². The molecule has 296 valence electrons. The maximum Gasteiger partial charge on any atom is 0.240 e. The summed E-state index contributed by atoms with van der Waals surface area (Å²) in [4.78, 5) is 15.8. The van der Waals surface area contributed by atoms with Crippen LogP contribution in [0.3, 0.4) is 0 Å². The molecule has 63 heavy (non-hydrogen) atoms. The van der Waals surface area contributed by atoms with Crippen LogP contribution in [0.4, 0.5) is 0 Å². The minimum absolute atomic E-state index is 0.258. The number of benzene rings is 8. The fourth-order valence-corrected chi connectivity index (χ4v) is 9.14. The van der Waals surface area contributed by atoms with Crippen LogP contribution in [-0.2, 0) is 6.42 Å². The van der Waals surface area contributed by atoms with E-state index in [4.69, 9.17) is 38.3 Å². The van der Waals surface area contributed by atoms with E-state index in [-0.39, 0.29) is 11.4 Å². The molecular weight excluding hydrogens is 787 g/mol. The molecule has 13 rings (SSSR count). The van der Waals surface area contributed by atoms with Gasteiger partial charge in [0.25, 0.3) is 0 Å². The fourth-order valence-electron chi connectivity index (χ4n) is 7.91. The third-order valence-electron chi connectivity index (χ3n) is 10.6. The van der Waals surface area contributed by atoms with Crippen molar-refractivity contribution in [3.05, 3.63) is 216 Å². The molecule has 5 nitrogen and oxygen atoms in total. The lowest BCUT2D eigenvalue weighted by Gasteiger charge is -2.17. The molecule has 1 aliphatic rings. The van der Waals surface area contributed by atoms with Crippen molar-refractivity contribution < 1.29 is 38.4 Å². The summed E-state index contributed by atoms with van der Waals surface area (Å²) in [7, 11) is 0. The second-order valence-corrected chi connectivity index (χ2v) is 15.3. The van der Waals surface area contributed by atoms with Gasteiger partial charge >= 0.3 is 0 Å². The maximum absolute atomic E-state index is 10.2. The molecule has 6 heteroatoms. The number of allylic oxidation sites excluding steroid dienone is 1. The SMILES string of the molecule is [2H]c1c([2H])c([2H])c(-c2c([2H])c([2H])c3c4c([2H])c([2H])c([2H])c([2H])c4n(-c4nc(C5=CCCc6sc7ccccc7c65)nc(-n5c6c([2H])c(-c7c([2H])c([2H])c([2H])c([2H])c7[2H])c([2H])c([2H])c6c6c([2H])c([2H])c(-c7c([2H])c([2H])c([2H])c([2H])c7[2H])c([2H])c65)n4)c3c2[2H])c([2H])c1[2H]. The number of aryl methyl sites for hydroxylation is 1. The van der Waals surface area contributed by atoms with Gasteiger partial charge in [-0.05, 0) is 76.5 Å². The van der Waals surface area contributed by atoms with Crippen molar-refractivity contribution in [1.82, 2.24) is 24.1 Å². The van der Waals surface area contributed by atoms with Crippen LogP contribution < -0.4 is 0 Å². The summed E-state index contributed by atoms with van der Waals surface area (Å²) in [5.74, 6) is -1.82. The number of aromatic nitrogens is 5. The van der Waals surface area contributed by atoms with Crippen LogP contribution in [0.5, 0.6) is 0 Å². The molecule has 0 saturated heterocycles. The van der Waals surface area contributed by atoms with Crippen molar-refractivity contribution in [3.8, 4) is 45.3 Å². The second kappa shape index (κ2) is 14.3. The quantitative estimate of drug-likeness (QED) is 0.167. The number of rotatable bonds is 6. The first-order valence-electron chi connectivity index (χ1n) is 33.2. The van der Waals surface area contributed by atoms with Crippen LogP contribution in [-0.4, -0.2) is 24.1 Å². The van der Waals surface area contributed by atoms with Gasteiger partial charge in [0.15, 0.2) is 5.82 Å². The van der Waals surface area contributed by atoms with Crippen LogP contribution in [0.15, 0.2) is 200 Å². The van der Waals surface area contributed by atoms with Gasteiger partial charge < -0.3 is 0 Å². The van der Waals surface area contributed by atoms with Crippen LogP contribution in [0.1, 0.15) is 61.1 Å². The van der Waals surface area contributed by atoms with Crippen molar-refractivity contribution >= 4 is 70.6 Å². The second-order valence-electron chi connectivity index (χ2n) is 14.1. The van der Waals surface area contributed by atoms with Crippen molar-refractivity contribution in [1.29, 1.82) is 0 Å². The summed E-state index contributed by atoms with van der Waals surface area (Å²) in [5.41, 5.74) is -6.08. The number of fused-ring (bicyclic) bond motifs is 9. The molecule has 0 fully saturated rings. The fraction of sp³-hybridized carbons (Fsp3) is 0.0351. The van der Waals surface area contributed by atoms with Gasteiger partial charge in [-0.25, -0.2) is 0 Å². The minimum Gasteiger partial charge on any atom is -0.278 e. The maximum atomic E-state index is 10.2. The molecule has 8 aromatic carbocycles. The molecule has 0 amide bonds. The van der Waals surface area contributed by atoms with E-state index in [1.807, 2.05) is 18.2 Å². The largest absolute Gasteiger partial charge is 0.278 e. The molecule has 0 unspecified atom stereocenters. The summed E-state index contributed by atoms with van der Waals surface area (Å²) in [5, 5.41) is -1.45. The number of hydrogen-bond donors (Lipinski definition) is 0. The Hall–Kier alpha value is -7.93. The van der Waals surface area contributed by atoms with Gasteiger partial charge in [-0.1, -0.05) is 169 Å². The van der Waals surface area contributed by atoms with Gasteiger partial charge in [-0.15, -0.1) is 11.3 Å². The Morgan fingerprint density at radius 1 is 0.444 bits per heavy atom. The van der Waals surface area contributed by atoms with E-state index in [1.54, 1.807) is 12.1 Å². The molecule has 0 bridgehead atoms. The molecule has 0 atom stereocenters. The summed E-state index contributed by atoms with van der Waals surface area (Å²) in [6.07, 6.45) is 2.59. The molecule has 0 aliphatic heterocycles. The number of para-hydroxylation sites is 1. The lowest BCUT2D eigenvalue weighted by molar-refractivity contribution is 0.871. The lowest BCUT2D eigenvalue weighted by atomic mass is 9.94. The first-order valence-corrected chi connectivity index (χ1v) is 20.0.